The van der Waals surface area contributed by atoms with Crippen LogP contribution in [0, 0.1) is 5.82 Å². The number of hydrogen-bond donors (Lipinski definition) is 1. The minimum atomic E-state index is -0.440. The second kappa shape index (κ2) is 6.90. The van der Waals surface area contributed by atoms with Crippen LogP contribution in [0.25, 0.3) is 0 Å². The van der Waals surface area contributed by atoms with Crippen LogP contribution in [-0.2, 0) is 13.0 Å². The van der Waals surface area contributed by atoms with Crippen LogP contribution < -0.4 is 5.32 Å². The normalized spacial score (nSPS) is 12.7. The fourth-order valence-electron chi connectivity index (χ4n) is 2.06. The van der Waals surface area contributed by atoms with Crippen molar-refractivity contribution in [2.45, 2.75) is 32.9 Å². The van der Waals surface area contributed by atoms with Gasteiger partial charge in [-0.2, -0.15) is 0 Å². The van der Waals surface area contributed by atoms with Gasteiger partial charge in [0.15, 0.2) is 0 Å². The highest BCUT2D eigenvalue weighted by Gasteiger charge is 2.14. The SMILES string of the molecule is CCc1ccsc1CNC(C)c1cc(F)c(Cl)cc1Cl. The van der Waals surface area contributed by atoms with E-state index in [2.05, 4.69) is 23.7 Å². The fraction of sp³-hybridized carbons (Fsp3) is 0.333. The minimum Gasteiger partial charge on any atom is -0.305 e. The number of halogens is 3. The zero-order chi connectivity index (χ0) is 14.7. The Kier molecular flexibility index (Phi) is 5.44. The fourth-order valence-corrected chi connectivity index (χ4v) is 3.54. The number of nitrogens with one attached hydrogen (secondary N) is 1. The van der Waals surface area contributed by atoms with Crippen molar-refractivity contribution in [2.24, 2.45) is 0 Å². The van der Waals surface area contributed by atoms with Gasteiger partial charge in [-0.1, -0.05) is 30.1 Å². The summed E-state index contributed by atoms with van der Waals surface area (Å²) in [6.45, 7) is 4.86. The molecule has 1 atom stereocenters. The molecule has 0 aliphatic heterocycles. The molecular weight excluding hydrogens is 316 g/mol. The summed E-state index contributed by atoms with van der Waals surface area (Å²) in [5, 5.41) is 6.01. The zero-order valence-electron chi connectivity index (χ0n) is 11.3. The predicted molar refractivity (Wildman–Crippen MR) is 85.4 cm³/mol. The second-order valence-corrected chi connectivity index (χ2v) is 6.43. The van der Waals surface area contributed by atoms with Gasteiger partial charge in [-0.3, -0.25) is 0 Å². The second-order valence-electron chi connectivity index (χ2n) is 4.61. The van der Waals surface area contributed by atoms with Crippen LogP contribution >= 0.6 is 34.5 Å². The average molecular weight is 332 g/mol. The Morgan fingerprint density at radius 2 is 2.05 bits per heavy atom. The summed E-state index contributed by atoms with van der Waals surface area (Å²) in [6, 6.07) is 4.95. The smallest absolute Gasteiger partial charge is 0.142 e. The molecule has 0 saturated carbocycles. The van der Waals surface area contributed by atoms with E-state index in [0.29, 0.717) is 5.02 Å². The van der Waals surface area contributed by atoms with Crippen molar-refractivity contribution in [3.8, 4) is 0 Å². The number of benzene rings is 1. The largest absolute Gasteiger partial charge is 0.305 e. The number of hydrogen-bond acceptors (Lipinski definition) is 2. The lowest BCUT2D eigenvalue weighted by Gasteiger charge is -2.16. The standard InChI is InChI=1S/C15H16Cl2FNS/c1-3-10-4-5-20-15(10)8-19-9(2)11-6-14(18)13(17)7-12(11)16/h4-7,9,19H,3,8H2,1-2H3. The molecule has 20 heavy (non-hydrogen) atoms. The molecular formula is C15H16Cl2FNS. The van der Waals surface area contributed by atoms with Crippen LogP contribution in [0.5, 0.6) is 0 Å². The summed E-state index contributed by atoms with van der Waals surface area (Å²) in [5.41, 5.74) is 2.08. The van der Waals surface area contributed by atoms with Crippen molar-refractivity contribution < 1.29 is 4.39 Å². The Balaban J connectivity index is 2.09. The molecule has 0 fully saturated rings. The third kappa shape index (κ3) is 3.53. The highest BCUT2D eigenvalue weighted by atomic mass is 35.5. The monoisotopic (exact) mass is 331 g/mol. The van der Waals surface area contributed by atoms with Gasteiger partial charge in [0.2, 0.25) is 0 Å². The molecule has 1 unspecified atom stereocenters. The van der Waals surface area contributed by atoms with E-state index < -0.39 is 5.82 Å². The molecule has 1 heterocycles. The maximum Gasteiger partial charge on any atom is 0.142 e. The summed E-state index contributed by atoms with van der Waals surface area (Å²) in [4.78, 5) is 1.31. The van der Waals surface area contributed by atoms with Crippen molar-refractivity contribution >= 4 is 34.5 Å². The van der Waals surface area contributed by atoms with Crippen molar-refractivity contribution in [3.63, 3.8) is 0 Å². The Hall–Kier alpha value is -0.610. The van der Waals surface area contributed by atoms with Crippen molar-refractivity contribution in [2.75, 3.05) is 0 Å². The molecule has 0 aliphatic rings. The van der Waals surface area contributed by atoms with E-state index in [-0.39, 0.29) is 11.1 Å². The topological polar surface area (TPSA) is 12.0 Å². The zero-order valence-corrected chi connectivity index (χ0v) is 13.7. The predicted octanol–water partition coefficient (Wildman–Crippen LogP) is 5.61. The van der Waals surface area contributed by atoms with Crippen LogP contribution in [0.4, 0.5) is 4.39 Å². The van der Waals surface area contributed by atoms with Gasteiger partial charge in [0.1, 0.15) is 5.82 Å². The Bertz CT molecular complexity index is 598. The van der Waals surface area contributed by atoms with Gasteiger partial charge < -0.3 is 5.32 Å². The summed E-state index contributed by atoms with van der Waals surface area (Å²) in [5.74, 6) is -0.440. The molecule has 0 amide bonds. The van der Waals surface area contributed by atoms with Crippen LogP contribution in [0.15, 0.2) is 23.6 Å². The molecule has 1 N–H and O–H groups in total. The molecule has 1 nitrogen and oxygen atoms in total. The summed E-state index contributed by atoms with van der Waals surface area (Å²) >= 11 is 13.6. The number of aryl methyl sites for hydroxylation is 1. The molecule has 0 aliphatic carbocycles. The van der Waals surface area contributed by atoms with Crippen molar-refractivity contribution in [1.82, 2.24) is 5.32 Å². The highest BCUT2D eigenvalue weighted by molar-refractivity contribution is 7.10. The molecule has 1 aromatic carbocycles. The van der Waals surface area contributed by atoms with Crippen LogP contribution in [0.1, 0.15) is 35.9 Å². The van der Waals surface area contributed by atoms with Gasteiger partial charge in [-0.05, 0) is 48.1 Å². The van der Waals surface area contributed by atoms with E-state index in [1.165, 1.54) is 22.6 Å². The van der Waals surface area contributed by atoms with Crippen LogP contribution in [-0.4, -0.2) is 0 Å². The first-order valence-corrected chi connectivity index (χ1v) is 8.09. The Labute approximate surface area is 132 Å². The van der Waals surface area contributed by atoms with Gasteiger partial charge in [0.25, 0.3) is 0 Å². The first kappa shape index (κ1) is 15.8. The lowest BCUT2D eigenvalue weighted by atomic mass is 10.1. The van der Waals surface area contributed by atoms with E-state index >= 15 is 0 Å². The first-order chi connectivity index (χ1) is 9.52. The van der Waals surface area contributed by atoms with Crippen molar-refractivity contribution in [1.29, 1.82) is 0 Å². The van der Waals surface area contributed by atoms with E-state index in [1.54, 1.807) is 11.3 Å². The molecule has 0 spiro atoms. The molecule has 0 saturated heterocycles. The molecule has 0 radical (unpaired) electrons. The van der Waals surface area contributed by atoms with Gasteiger partial charge in [-0.15, -0.1) is 11.3 Å². The number of thiophene rings is 1. The van der Waals surface area contributed by atoms with Gasteiger partial charge in [0, 0.05) is 22.5 Å². The van der Waals surface area contributed by atoms with E-state index in [4.69, 9.17) is 23.2 Å². The maximum absolute atomic E-state index is 13.5. The summed E-state index contributed by atoms with van der Waals surface area (Å²) < 4.78 is 13.5. The third-order valence-corrected chi connectivity index (χ3v) is 4.87. The van der Waals surface area contributed by atoms with E-state index in [0.717, 1.165) is 18.5 Å². The van der Waals surface area contributed by atoms with Gasteiger partial charge >= 0.3 is 0 Å². The summed E-state index contributed by atoms with van der Waals surface area (Å²) in [6.07, 6.45) is 1.02. The minimum absolute atomic E-state index is 0.0407. The highest BCUT2D eigenvalue weighted by Crippen LogP contribution is 2.29. The molecule has 108 valence electrons. The van der Waals surface area contributed by atoms with Crippen LogP contribution in [0.2, 0.25) is 10.0 Å². The maximum atomic E-state index is 13.5. The van der Waals surface area contributed by atoms with Gasteiger partial charge in [0.05, 0.1) is 5.02 Å². The van der Waals surface area contributed by atoms with E-state index in [1.807, 2.05) is 6.92 Å². The number of rotatable bonds is 5. The Morgan fingerprint density at radius 1 is 1.30 bits per heavy atom. The van der Waals surface area contributed by atoms with Crippen molar-refractivity contribution in [3.05, 3.63) is 55.4 Å². The molecule has 2 aromatic rings. The summed E-state index contributed by atoms with van der Waals surface area (Å²) in [7, 11) is 0. The molecule has 2 rings (SSSR count). The molecule has 5 heteroatoms. The average Bonchev–Trinajstić information content (AvgIpc) is 2.87. The quantitative estimate of drug-likeness (QED) is 0.702. The van der Waals surface area contributed by atoms with Crippen LogP contribution in [0.3, 0.4) is 0 Å². The first-order valence-electron chi connectivity index (χ1n) is 6.46. The lowest BCUT2D eigenvalue weighted by molar-refractivity contribution is 0.567. The van der Waals surface area contributed by atoms with Gasteiger partial charge in [-0.25, -0.2) is 4.39 Å². The molecule has 1 aromatic heterocycles. The third-order valence-electron chi connectivity index (χ3n) is 3.29. The Morgan fingerprint density at radius 3 is 2.75 bits per heavy atom. The van der Waals surface area contributed by atoms with E-state index in [9.17, 15) is 4.39 Å². The lowest BCUT2D eigenvalue weighted by Crippen LogP contribution is -2.18. The molecule has 0 bridgehead atoms.